The van der Waals surface area contributed by atoms with Gasteiger partial charge in [0.15, 0.2) is 0 Å². The molecule has 3 unspecified atom stereocenters. The van der Waals surface area contributed by atoms with E-state index in [1.54, 1.807) is 0 Å². The minimum atomic E-state index is -0.652. The molecule has 8 heteroatoms. The predicted molar refractivity (Wildman–Crippen MR) is 147 cm³/mol. The fourth-order valence-corrected chi connectivity index (χ4v) is 5.15. The molecule has 0 radical (unpaired) electrons. The van der Waals surface area contributed by atoms with E-state index in [0.29, 0.717) is 45.9 Å². The van der Waals surface area contributed by atoms with Crippen LogP contribution >= 0.6 is 0 Å². The molecule has 0 aromatic heterocycles. The number of morpholine rings is 2. The van der Waals surface area contributed by atoms with Gasteiger partial charge in [0.1, 0.15) is 36.4 Å². The number of aryl methyl sites for hydroxylation is 3. The summed E-state index contributed by atoms with van der Waals surface area (Å²) < 4.78 is 23.2. The highest BCUT2D eigenvalue weighted by atomic mass is 16.5. The molecule has 38 heavy (non-hydrogen) atoms. The van der Waals surface area contributed by atoms with Crippen molar-refractivity contribution in [2.75, 3.05) is 72.3 Å². The third kappa shape index (κ3) is 8.93. The normalized spacial score (nSPS) is 19.6. The van der Waals surface area contributed by atoms with Crippen LogP contribution in [0, 0.1) is 20.8 Å². The standard InChI is InChI=1S/C30H44N2O6/c1-22-14-23(2)16-27(15-22)38-30(28(34)20-32-8-12-36-13-9-32)18-25-4-5-29(24(3)17-25)37-21-26(33)19-31-6-10-35-11-7-31/h4-5,14-17,26,28,30,33-34H,6-13,18-21H2,1-3H3. The topological polar surface area (TPSA) is 83.9 Å². The van der Waals surface area contributed by atoms with Crippen LogP contribution in [-0.4, -0.2) is 111 Å². The fourth-order valence-electron chi connectivity index (χ4n) is 5.15. The van der Waals surface area contributed by atoms with Gasteiger partial charge in [-0.05, 0) is 61.2 Å². The fraction of sp³-hybridized carbons (Fsp3) is 0.600. The maximum absolute atomic E-state index is 11.3. The lowest BCUT2D eigenvalue weighted by atomic mass is 10.0. The average molecular weight is 529 g/mol. The monoisotopic (exact) mass is 528 g/mol. The van der Waals surface area contributed by atoms with E-state index in [4.69, 9.17) is 18.9 Å². The van der Waals surface area contributed by atoms with Crippen LogP contribution in [0.25, 0.3) is 0 Å². The summed E-state index contributed by atoms with van der Waals surface area (Å²) >= 11 is 0. The highest BCUT2D eigenvalue weighted by Crippen LogP contribution is 2.24. The highest BCUT2D eigenvalue weighted by Gasteiger charge is 2.26. The molecule has 2 aromatic rings. The first-order valence-electron chi connectivity index (χ1n) is 13.8. The van der Waals surface area contributed by atoms with Gasteiger partial charge < -0.3 is 29.2 Å². The molecular weight excluding hydrogens is 484 g/mol. The van der Waals surface area contributed by atoms with E-state index >= 15 is 0 Å². The maximum atomic E-state index is 11.3. The van der Waals surface area contributed by atoms with E-state index in [0.717, 1.165) is 59.9 Å². The minimum Gasteiger partial charge on any atom is -0.491 e. The Hall–Kier alpha value is -2.20. The zero-order chi connectivity index (χ0) is 26.9. The molecule has 0 spiro atoms. The number of aliphatic hydroxyl groups is 2. The number of hydrogen-bond acceptors (Lipinski definition) is 8. The number of rotatable bonds is 12. The van der Waals surface area contributed by atoms with Crippen LogP contribution in [0.15, 0.2) is 36.4 Å². The van der Waals surface area contributed by atoms with Crippen LogP contribution in [0.1, 0.15) is 22.3 Å². The number of β-amino-alcohol motifs (C(OH)–C–C–N with tert-alkyl or cyclic N) is 2. The molecule has 4 rings (SSSR count). The van der Waals surface area contributed by atoms with Crippen molar-refractivity contribution >= 4 is 0 Å². The van der Waals surface area contributed by atoms with Gasteiger partial charge in [0, 0.05) is 45.7 Å². The summed E-state index contributed by atoms with van der Waals surface area (Å²) in [5.74, 6) is 1.54. The van der Waals surface area contributed by atoms with Crippen LogP contribution in [0.5, 0.6) is 11.5 Å². The van der Waals surface area contributed by atoms with Crippen molar-refractivity contribution in [1.29, 1.82) is 0 Å². The van der Waals surface area contributed by atoms with Crippen molar-refractivity contribution in [3.8, 4) is 11.5 Å². The number of nitrogens with zero attached hydrogens (tertiary/aromatic N) is 2. The zero-order valence-corrected chi connectivity index (χ0v) is 23.1. The first kappa shape index (κ1) is 28.8. The number of hydrogen-bond donors (Lipinski definition) is 2. The number of benzene rings is 2. The Kier molecular flexibility index (Phi) is 10.8. The summed E-state index contributed by atoms with van der Waals surface area (Å²) in [4.78, 5) is 4.43. The molecule has 3 atom stereocenters. The molecule has 0 saturated carbocycles. The molecule has 0 bridgehead atoms. The molecule has 0 amide bonds. The molecule has 2 aliphatic rings. The molecule has 2 aromatic carbocycles. The summed E-state index contributed by atoms with van der Waals surface area (Å²) in [6.07, 6.45) is -1.04. The van der Waals surface area contributed by atoms with Crippen LogP contribution < -0.4 is 9.47 Å². The Labute approximate surface area is 227 Å². The predicted octanol–water partition coefficient (Wildman–Crippen LogP) is 2.37. The summed E-state index contributed by atoms with van der Waals surface area (Å²) in [6, 6.07) is 12.2. The molecule has 2 heterocycles. The van der Waals surface area contributed by atoms with Crippen molar-refractivity contribution in [2.24, 2.45) is 0 Å². The SMILES string of the molecule is Cc1cc(C)cc(OC(Cc2ccc(OCC(O)CN3CCOCC3)c(C)c2)C(O)CN2CCOCC2)c1. The van der Waals surface area contributed by atoms with E-state index in [1.807, 2.05) is 31.2 Å². The van der Waals surface area contributed by atoms with Crippen molar-refractivity contribution in [2.45, 2.75) is 45.5 Å². The zero-order valence-electron chi connectivity index (χ0n) is 23.1. The highest BCUT2D eigenvalue weighted by molar-refractivity contribution is 5.37. The largest absolute Gasteiger partial charge is 0.491 e. The molecule has 0 aliphatic carbocycles. The Balaban J connectivity index is 1.39. The summed E-state index contributed by atoms with van der Waals surface area (Å²) in [5, 5.41) is 21.7. The molecule has 2 N–H and O–H groups in total. The van der Waals surface area contributed by atoms with Crippen LogP contribution in [0.3, 0.4) is 0 Å². The van der Waals surface area contributed by atoms with Gasteiger partial charge >= 0.3 is 0 Å². The quantitative estimate of drug-likeness (QED) is 0.435. The Morgan fingerprint density at radius 1 is 0.816 bits per heavy atom. The van der Waals surface area contributed by atoms with Gasteiger partial charge in [-0.15, -0.1) is 0 Å². The van der Waals surface area contributed by atoms with E-state index in [9.17, 15) is 10.2 Å². The Bertz CT molecular complexity index is 986. The Morgan fingerprint density at radius 3 is 2.03 bits per heavy atom. The minimum absolute atomic E-state index is 0.244. The van der Waals surface area contributed by atoms with Crippen molar-refractivity contribution in [3.63, 3.8) is 0 Å². The van der Waals surface area contributed by atoms with Crippen molar-refractivity contribution < 1.29 is 29.2 Å². The average Bonchev–Trinajstić information content (AvgIpc) is 2.88. The Morgan fingerprint density at radius 2 is 1.42 bits per heavy atom. The molecule has 2 fully saturated rings. The van der Waals surface area contributed by atoms with Gasteiger partial charge in [0.2, 0.25) is 0 Å². The van der Waals surface area contributed by atoms with E-state index < -0.39 is 18.3 Å². The van der Waals surface area contributed by atoms with Crippen LogP contribution in [0.2, 0.25) is 0 Å². The second kappa shape index (κ2) is 14.3. The molecular formula is C30H44N2O6. The number of aliphatic hydroxyl groups excluding tert-OH is 2. The van der Waals surface area contributed by atoms with Crippen LogP contribution in [-0.2, 0) is 15.9 Å². The van der Waals surface area contributed by atoms with Gasteiger partial charge in [0.05, 0.1) is 26.4 Å². The maximum Gasteiger partial charge on any atom is 0.130 e. The second-order valence-electron chi connectivity index (χ2n) is 10.6. The lowest BCUT2D eigenvalue weighted by Gasteiger charge is -2.32. The lowest BCUT2D eigenvalue weighted by Crippen LogP contribution is -2.46. The molecule has 210 valence electrons. The van der Waals surface area contributed by atoms with Crippen molar-refractivity contribution in [1.82, 2.24) is 9.80 Å². The first-order chi connectivity index (χ1) is 18.4. The van der Waals surface area contributed by atoms with E-state index in [1.165, 1.54) is 0 Å². The summed E-state index contributed by atoms with van der Waals surface area (Å²) in [6.45, 7) is 13.6. The third-order valence-corrected chi connectivity index (χ3v) is 7.14. The van der Waals surface area contributed by atoms with E-state index in [2.05, 4.69) is 35.8 Å². The van der Waals surface area contributed by atoms with Gasteiger partial charge in [-0.2, -0.15) is 0 Å². The smallest absolute Gasteiger partial charge is 0.130 e. The van der Waals surface area contributed by atoms with Gasteiger partial charge in [-0.3, -0.25) is 9.80 Å². The summed E-state index contributed by atoms with van der Waals surface area (Å²) in [7, 11) is 0. The van der Waals surface area contributed by atoms with Crippen molar-refractivity contribution in [3.05, 3.63) is 58.7 Å². The lowest BCUT2D eigenvalue weighted by molar-refractivity contribution is -0.0198. The van der Waals surface area contributed by atoms with Crippen LogP contribution in [0.4, 0.5) is 0 Å². The molecule has 2 saturated heterocycles. The van der Waals surface area contributed by atoms with E-state index in [-0.39, 0.29) is 6.61 Å². The van der Waals surface area contributed by atoms with Gasteiger partial charge in [-0.1, -0.05) is 18.2 Å². The number of ether oxygens (including phenoxy) is 4. The second-order valence-corrected chi connectivity index (χ2v) is 10.6. The molecule has 8 nitrogen and oxygen atoms in total. The molecule has 2 aliphatic heterocycles. The summed E-state index contributed by atoms with van der Waals surface area (Å²) in [5.41, 5.74) is 4.33. The van der Waals surface area contributed by atoms with Gasteiger partial charge in [-0.25, -0.2) is 0 Å². The van der Waals surface area contributed by atoms with Gasteiger partial charge in [0.25, 0.3) is 0 Å². The third-order valence-electron chi connectivity index (χ3n) is 7.14. The first-order valence-corrected chi connectivity index (χ1v) is 13.8.